The van der Waals surface area contributed by atoms with Gasteiger partial charge in [0.15, 0.2) is 0 Å². The number of para-hydroxylation sites is 1. The molecule has 5 amide bonds. The van der Waals surface area contributed by atoms with Gasteiger partial charge in [-0.1, -0.05) is 70.6 Å². The molecule has 5 atom stereocenters. The molecule has 4 fully saturated rings. The van der Waals surface area contributed by atoms with Gasteiger partial charge in [0.25, 0.3) is 5.91 Å². The molecule has 1 aliphatic heterocycles. The fraction of sp³-hybridized carbons (Fsp3) is 0.656. The summed E-state index contributed by atoms with van der Waals surface area (Å²) in [5.74, 6) is -2.23. The number of likely N-dealkylation sites (tertiary alicyclic amines) is 1. The van der Waals surface area contributed by atoms with Crippen LogP contribution < -0.4 is 21.3 Å². The molecule has 3 aliphatic carbocycles. The molecular formula is C32H45N5O5. The predicted octanol–water partition coefficient (Wildman–Crippen LogP) is 2.99. The lowest BCUT2D eigenvalue weighted by molar-refractivity contribution is -0.144. The van der Waals surface area contributed by atoms with Crippen LogP contribution in [0.5, 0.6) is 0 Å². The first-order chi connectivity index (χ1) is 20.0. The lowest BCUT2D eigenvalue weighted by Gasteiger charge is -2.38. The third kappa shape index (κ3) is 5.90. The minimum Gasteiger partial charge on any atom is -0.363 e. The van der Waals surface area contributed by atoms with Crippen LogP contribution in [0.25, 0.3) is 0 Å². The van der Waals surface area contributed by atoms with E-state index in [1.54, 1.807) is 11.9 Å². The number of anilines is 1. The Bertz CT molecular complexity index is 1210. The summed E-state index contributed by atoms with van der Waals surface area (Å²) in [5, 5.41) is 5.87. The van der Waals surface area contributed by atoms with Crippen LogP contribution in [-0.2, 0) is 19.2 Å². The zero-order chi connectivity index (χ0) is 30.2. The molecular weight excluding hydrogens is 534 g/mol. The summed E-state index contributed by atoms with van der Waals surface area (Å²) in [6, 6.07) is 6.34. The Hall–Kier alpha value is -3.43. The molecule has 1 heterocycles. The van der Waals surface area contributed by atoms with Gasteiger partial charge in [0.05, 0.1) is 6.04 Å². The second-order valence-corrected chi connectivity index (χ2v) is 13.4. The van der Waals surface area contributed by atoms with Gasteiger partial charge in [-0.05, 0) is 60.5 Å². The maximum Gasteiger partial charge on any atom is 0.322 e. The number of nitrogens with zero attached hydrogens (tertiary/aromatic N) is 2. The van der Waals surface area contributed by atoms with E-state index in [2.05, 4.69) is 24.5 Å². The van der Waals surface area contributed by atoms with Crippen molar-refractivity contribution in [1.82, 2.24) is 15.5 Å². The molecule has 10 nitrogen and oxygen atoms in total. The number of nitrogens with one attached hydrogen (secondary N) is 2. The van der Waals surface area contributed by atoms with Crippen LogP contribution in [0.15, 0.2) is 30.3 Å². The number of rotatable bonds is 10. The fourth-order valence-electron chi connectivity index (χ4n) is 7.56. The SMILES string of the molecule is CN(C(=O)N[C@H](C(=O)N1C[C@@H]2[C@H]([C@H]1C(=O)NC(CC1CCC1)C(=O)C(N)=O)C2(C)C)C1CCCCC1)c1ccccc1. The first kappa shape index (κ1) is 30.0. The highest BCUT2D eigenvalue weighted by Gasteiger charge is 2.69. The summed E-state index contributed by atoms with van der Waals surface area (Å²) in [6.45, 7) is 4.61. The van der Waals surface area contributed by atoms with Crippen molar-refractivity contribution in [3.63, 3.8) is 0 Å². The normalized spacial score (nSPS) is 26.3. The maximum atomic E-state index is 14.4. The van der Waals surface area contributed by atoms with Crippen LogP contribution in [-0.4, -0.2) is 66.2 Å². The van der Waals surface area contributed by atoms with Gasteiger partial charge in [-0.25, -0.2) is 4.79 Å². The summed E-state index contributed by atoms with van der Waals surface area (Å²) in [6.07, 6.45) is 8.05. The number of ketones is 1. The molecule has 1 unspecified atom stereocenters. The van der Waals surface area contributed by atoms with Gasteiger partial charge in [0.1, 0.15) is 12.1 Å². The fourth-order valence-corrected chi connectivity index (χ4v) is 7.56. The standard InChI is InChI=1S/C32H45N5O5/c1-32(2)22-18-37(26(24(22)32)29(40)34-23(27(38)28(33)39)17-19-11-10-12-19)30(41)25(20-13-6-4-7-14-20)35-31(42)36(3)21-15-8-5-9-16-21/h5,8-9,15-16,19-20,22-26H,4,6-7,10-14,17-18H2,1-3H3,(H2,33,39)(H,34,40)(H,35,42)/t22-,23?,24-,25+,26+/m1/s1. The number of hydrogen-bond acceptors (Lipinski definition) is 5. The average Bonchev–Trinajstić information content (AvgIpc) is 3.28. The Kier molecular flexibility index (Phi) is 8.62. The Morgan fingerprint density at radius 3 is 2.24 bits per heavy atom. The van der Waals surface area contributed by atoms with E-state index in [1.165, 1.54) is 4.90 Å². The van der Waals surface area contributed by atoms with Gasteiger partial charge in [0, 0.05) is 19.3 Å². The number of hydrogen-bond donors (Lipinski definition) is 3. The van der Waals surface area contributed by atoms with Crippen molar-refractivity contribution in [3.8, 4) is 0 Å². The Labute approximate surface area is 248 Å². The van der Waals surface area contributed by atoms with Gasteiger partial charge >= 0.3 is 6.03 Å². The lowest BCUT2D eigenvalue weighted by Crippen LogP contribution is -2.60. The van der Waals surface area contributed by atoms with Crippen molar-refractivity contribution in [2.45, 2.75) is 89.8 Å². The zero-order valence-corrected chi connectivity index (χ0v) is 25.0. The molecule has 3 saturated carbocycles. The van der Waals surface area contributed by atoms with E-state index in [-0.39, 0.29) is 41.0 Å². The maximum absolute atomic E-state index is 14.4. The van der Waals surface area contributed by atoms with Crippen LogP contribution in [0.3, 0.4) is 0 Å². The lowest BCUT2D eigenvalue weighted by atomic mass is 9.80. The highest BCUT2D eigenvalue weighted by molar-refractivity contribution is 6.37. The molecule has 0 radical (unpaired) electrons. The third-order valence-electron chi connectivity index (χ3n) is 10.5. The second kappa shape index (κ2) is 12.1. The number of primary amides is 1. The summed E-state index contributed by atoms with van der Waals surface area (Å²) < 4.78 is 0. The summed E-state index contributed by atoms with van der Waals surface area (Å²) >= 11 is 0. The molecule has 1 saturated heterocycles. The molecule has 5 rings (SSSR count). The van der Waals surface area contributed by atoms with Crippen LogP contribution in [0.4, 0.5) is 10.5 Å². The number of carbonyl (C=O) groups is 5. The molecule has 228 valence electrons. The summed E-state index contributed by atoms with van der Waals surface area (Å²) in [5.41, 5.74) is 5.92. The van der Waals surface area contributed by atoms with Crippen molar-refractivity contribution in [3.05, 3.63) is 30.3 Å². The first-order valence-electron chi connectivity index (χ1n) is 15.5. The largest absolute Gasteiger partial charge is 0.363 e. The van der Waals surface area contributed by atoms with Crippen molar-refractivity contribution < 1.29 is 24.0 Å². The summed E-state index contributed by atoms with van der Waals surface area (Å²) in [4.78, 5) is 69.3. The Morgan fingerprint density at radius 1 is 0.976 bits per heavy atom. The van der Waals surface area contributed by atoms with Crippen LogP contribution in [0, 0.1) is 29.1 Å². The monoisotopic (exact) mass is 579 g/mol. The molecule has 10 heteroatoms. The van der Waals surface area contributed by atoms with E-state index < -0.39 is 35.7 Å². The van der Waals surface area contributed by atoms with Crippen molar-refractivity contribution >= 4 is 35.2 Å². The quantitative estimate of drug-likeness (QED) is 0.366. The minimum absolute atomic E-state index is 0.0316. The highest BCUT2D eigenvalue weighted by atomic mass is 16.2. The van der Waals surface area contributed by atoms with Gasteiger partial charge in [-0.3, -0.25) is 24.1 Å². The van der Waals surface area contributed by atoms with E-state index in [0.717, 1.165) is 51.4 Å². The molecule has 1 aromatic carbocycles. The van der Waals surface area contributed by atoms with Crippen molar-refractivity contribution in [1.29, 1.82) is 0 Å². The second-order valence-electron chi connectivity index (χ2n) is 13.4. The van der Waals surface area contributed by atoms with Crippen LogP contribution in [0.2, 0.25) is 0 Å². The highest BCUT2D eigenvalue weighted by Crippen LogP contribution is 2.65. The number of fused-ring (bicyclic) bond motifs is 1. The smallest absolute Gasteiger partial charge is 0.322 e. The topological polar surface area (TPSA) is 142 Å². The molecule has 1 aromatic rings. The number of carbonyl (C=O) groups excluding carboxylic acids is 5. The average molecular weight is 580 g/mol. The van der Waals surface area contributed by atoms with E-state index in [9.17, 15) is 24.0 Å². The number of benzene rings is 1. The van der Waals surface area contributed by atoms with E-state index in [1.807, 2.05) is 30.3 Å². The molecule has 0 spiro atoms. The predicted molar refractivity (Wildman–Crippen MR) is 158 cm³/mol. The van der Waals surface area contributed by atoms with E-state index in [0.29, 0.717) is 18.7 Å². The van der Waals surface area contributed by atoms with Crippen LogP contribution >= 0.6 is 0 Å². The van der Waals surface area contributed by atoms with Crippen molar-refractivity contribution in [2.24, 2.45) is 34.8 Å². The number of piperidine rings is 1. The number of Topliss-reactive ketones (excluding diaryl/α,β-unsaturated/α-hetero) is 1. The molecule has 4 N–H and O–H groups in total. The number of urea groups is 1. The van der Waals surface area contributed by atoms with Gasteiger partial charge in [0.2, 0.25) is 17.6 Å². The van der Waals surface area contributed by atoms with Crippen LogP contribution in [0.1, 0.15) is 71.6 Å². The van der Waals surface area contributed by atoms with E-state index >= 15 is 0 Å². The Morgan fingerprint density at radius 2 is 1.64 bits per heavy atom. The van der Waals surface area contributed by atoms with Gasteiger partial charge < -0.3 is 21.3 Å². The molecule has 4 aliphatic rings. The third-order valence-corrected chi connectivity index (χ3v) is 10.5. The first-order valence-corrected chi connectivity index (χ1v) is 15.5. The van der Waals surface area contributed by atoms with Gasteiger partial charge in [-0.15, -0.1) is 0 Å². The zero-order valence-electron chi connectivity index (χ0n) is 25.0. The van der Waals surface area contributed by atoms with Gasteiger partial charge in [-0.2, -0.15) is 0 Å². The molecule has 42 heavy (non-hydrogen) atoms. The van der Waals surface area contributed by atoms with E-state index in [4.69, 9.17) is 5.73 Å². The number of nitrogens with two attached hydrogens (primary N) is 1. The molecule has 0 aromatic heterocycles. The van der Waals surface area contributed by atoms with Crippen molar-refractivity contribution in [2.75, 3.05) is 18.5 Å². The Balaban J connectivity index is 1.37. The molecule has 0 bridgehead atoms. The number of amides is 5. The summed E-state index contributed by atoms with van der Waals surface area (Å²) in [7, 11) is 1.68. The minimum atomic E-state index is -1.06.